The van der Waals surface area contributed by atoms with Gasteiger partial charge in [-0.2, -0.15) is 5.06 Å². The highest BCUT2D eigenvalue weighted by Crippen LogP contribution is 2.46. The molecule has 0 amide bonds. The van der Waals surface area contributed by atoms with Crippen LogP contribution in [-0.4, -0.2) is 23.1 Å². The fourth-order valence-electron chi connectivity index (χ4n) is 2.80. The molecule has 0 aliphatic carbocycles. The molecule has 0 radical (unpaired) electrons. The van der Waals surface area contributed by atoms with E-state index in [-0.39, 0.29) is 24.6 Å². The van der Waals surface area contributed by atoms with E-state index in [4.69, 9.17) is 4.74 Å². The van der Waals surface area contributed by atoms with Crippen molar-refractivity contribution in [1.82, 2.24) is 5.06 Å². The number of fused-ring (bicyclic) bond motifs is 2. The number of para-hydroxylation sites is 2. The van der Waals surface area contributed by atoms with Crippen LogP contribution in [0.5, 0.6) is 17.2 Å². The smallest absolute Gasteiger partial charge is 0.484 e. The van der Waals surface area contributed by atoms with Gasteiger partial charge in [0.05, 0.1) is 13.1 Å². The van der Waals surface area contributed by atoms with Crippen molar-refractivity contribution < 1.29 is 28.2 Å². The fraction of sp³-hybridized carbons (Fsp3) is 0.250. The van der Waals surface area contributed by atoms with Gasteiger partial charge in [0.15, 0.2) is 11.5 Å². The summed E-state index contributed by atoms with van der Waals surface area (Å²) in [5, 5.41) is 11.1. The highest BCUT2D eigenvalue weighted by atomic mass is 19.3. The third-order valence-electron chi connectivity index (χ3n) is 3.78. The normalized spacial score (nSPS) is 22.1. The van der Waals surface area contributed by atoms with E-state index in [0.717, 1.165) is 10.6 Å². The number of hydrogen-bond donors (Lipinski definition) is 1. The lowest BCUT2D eigenvalue weighted by molar-refractivity contribution is -0.287. The van der Waals surface area contributed by atoms with E-state index in [1.54, 1.807) is 18.2 Å². The van der Waals surface area contributed by atoms with Crippen LogP contribution in [-0.2, 0) is 6.54 Å². The zero-order valence-corrected chi connectivity index (χ0v) is 11.9. The second kappa shape index (κ2) is 5.07. The fourth-order valence-corrected chi connectivity index (χ4v) is 2.80. The van der Waals surface area contributed by atoms with E-state index in [2.05, 4.69) is 9.47 Å². The van der Waals surface area contributed by atoms with Crippen molar-refractivity contribution in [2.24, 2.45) is 0 Å². The largest absolute Gasteiger partial charge is 0.586 e. The summed E-state index contributed by atoms with van der Waals surface area (Å²) in [4.78, 5) is 0. The van der Waals surface area contributed by atoms with Crippen LogP contribution >= 0.6 is 0 Å². The molecule has 4 rings (SSSR count). The van der Waals surface area contributed by atoms with Crippen LogP contribution in [0.4, 0.5) is 8.78 Å². The van der Waals surface area contributed by atoms with Crippen molar-refractivity contribution in [3.05, 3.63) is 53.6 Å². The van der Waals surface area contributed by atoms with Gasteiger partial charge in [0, 0.05) is 11.1 Å². The van der Waals surface area contributed by atoms with Crippen LogP contribution in [0, 0.1) is 0 Å². The van der Waals surface area contributed by atoms with Gasteiger partial charge in [-0.05, 0) is 12.1 Å². The summed E-state index contributed by atoms with van der Waals surface area (Å²) in [7, 11) is 0. The minimum atomic E-state index is -3.69. The van der Waals surface area contributed by atoms with Crippen LogP contribution in [0.25, 0.3) is 0 Å². The summed E-state index contributed by atoms with van der Waals surface area (Å²) >= 11 is 0. The molecular weight excluding hydrogens is 308 g/mol. The number of nitrogens with zero attached hydrogens (tertiary/aromatic N) is 1. The molecule has 5 nitrogen and oxygen atoms in total. The summed E-state index contributed by atoms with van der Waals surface area (Å²) in [5.74, 6) is 0.491. The van der Waals surface area contributed by atoms with Gasteiger partial charge >= 0.3 is 6.29 Å². The standard InChI is InChI=1S/C16H13F2NO4/c17-16(18)22-13-7-3-5-11(15(13)23-16)14-9-19(20)8-10-4-1-2-6-12(10)21-14/h1-7,14,20H,8-9H2. The van der Waals surface area contributed by atoms with Crippen LogP contribution in [0.2, 0.25) is 0 Å². The maximum atomic E-state index is 13.3. The topological polar surface area (TPSA) is 51.2 Å². The zero-order valence-electron chi connectivity index (χ0n) is 11.9. The third-order valence-corrected chi connectivity index (χ3v) is 3.78. The highest BCUT2D eigenvalue weighted by Gasteiger charge is 2.45. The Morgan fingerprint density at radius 2 is 1.83 bits per heavy atom. The predicted molar refractivity (Wildman–Crippen MR) is 74.7 cm³/mol. The predicted octanol–water partition coefficient (Wildman–Crippen LogP) is 3.33. The van der Waals surface area contributed by atoms with Crippen LogP contribution < -0.4 is 14.2 Å². The summed E-state index contributed by atoms with van der Waals surface area (Å²) in [5.41, 5.74) is 1.21. The Morgan fingerprint density at radius 1 is 1.04 bits per heavy atom. The van der Waals surface area contributed by atoms with E-state index in [1.165, 1.54) is 6.07 Å². The summed E-state index contributed by atoms with van der Waals surface area (Å²) in [6.07, 6.45) is -4.36. The second-order valence-corrected chi connectivity index (χ2v) is 5.40. The molecular formula is C16H13F2NO4. The van der Waals surface area contributed by atoms with Crippen LogP contribution in [0.1, 0.15) is 17.2 Å². The zero-order chi connectivity index (χ0) is 16.0. The molecule has 1 unspecified atom stereocenters. The number of halogens is 2. The molecule has 0 saturated heterocycles. The van der Waals surface area contributed by atoms with E-state index in [1.807, 2.05) is 18.2 Å². The first-order valence-electron chi connectivity index (χ1n) is 7.09. The van der Waals surface area contributed by atoms with Gasteiger partial charge in [-0.15, -0.1) is 8.78 Å². The third kappa shape index (κ3) is 2.58. The SMILES string of the molecule is ON1Cc2ccccc2OC(c2cccc3c2OC(F)(F)O3)C1. The van der Waals surface area contributed by atoms with Gasteiger partial charge in [-0.25, -0.2) is 0 Å². The Morgan fingerprint density at radius 3 is 2.70 bits per heavy atom. The summed E-state index contributed by atoms with van der Waals surface area (Å²) in [6.45, 7) is 0.398. The molecule has 23 heavy (non-hydrogen) atoms. The number of alkyl halides is 2. The molecule has 7 heteroatoms. The first kappa shape index (κ1) is 14.2. The lowest BCUT2D eigenvalue weighted by atomic mass is 10.1. The Labute approximate surface area is 130 Å². The van der Waals surface area contributed by atoms with Crippen LogP contribution in [0.15, 0.2) is 42.5 Å². The van der Waals surface area contributed by atoms with Gasteiger partial charge in [-0.1, -0.05) is 30.3 Å². The van der Waals surface area contributed by atoms with Gasteiger partial charge < -0.3 is 19.4 Å². The van der Waals surface area contributed by atoms with Crippen molar-refractivity contribution in [2.75, 3.05) is 6.54 Å². The minimum absolute atomic E-state index is 0.0434. The maximum absolute atomic E-state index is 13.3. The van der Waals surface area contributed by atoms with E-state index >= 15 is 0 Å². The molecule has 1 atom stereocenters. The number of hydroxylamine groups is 2. The van der Waals surface area contributed by atoms with E-state index in [9.17, 15) is 14.0 Å². The van der Waals surface area contributed by atoms with Crippen molar-refractivity contribution in [3.63, 3.8) is 0 Å². The first-order valence-corrected chi connectivity index (χ1v) is 7.09. The molecule has 0 saturated carbocycles. The van der Waals surface area contributed by atoms with Gasteiger partial charge in [0.2, 0.25) is 0 Å². The molecule has 2 aromatic carbocycles. The average molecular weight is 321 g/mol. The summed E-state index contributed by atoms with van der Waals surface area (Å²) < 4.78 is 41.7. The molecule has 2 heterocycles. The Bertz CT molecular complexity index is 753. The molecule has 0 fully saturated rings. The second-order valence-electron chi connectivity index (χ2n) is 5.40. The van der Waals surface area contributed by atoms with E-state index < -0.39 is 12.4 Å². The Hall–Kier alpha value is -2.38. The van der Waals surface area contributed by atoms with Gasteiger partial charge in [-0.3, -0.25) is 0 Å². The number of rotatable bonds is 1. The minimum Gasteiger partial charge on any atom is -0.484 e. The average Bonchev–Trinajstić information content (AvgIpc) is 2.71. The van der Waals surface area contributed by atoms with Crippen LogP contribution in [0.3, 0.4) is 0 Å². The highest BCUT2D eigenvalue weighted by molar-refractivity contribution is 5.50. The molecule has 1 N–H and O–H groups in total. The maximum Gasteiger partial charge on any atom is 0.586 e. The monoisotopic (exact) mass is 321 g/mol. The van der Waals surface area contributed by atoms with Crippen molar-refractivity contribution in [1.29, 1.82) is 0 Å². The van der Waals surface area contributed by atoms with Crippen molar-refractivity contribution in [2.45, 2.75) is 18.9 Å². The molecule has 0 aromatic heterocycles. The summed E-state index contributed by atoms with van der Waals surface area (Å²) in [6, 6.07) is 11.9. The van der Waals surface area contributed by atoms with Crippen molar-refractivity contribution >= 4 is 0 Å². The number of ether oxygens (including phenoxy) is 3. The Balaban J connectivity index is 1.73. The van der Waals surface area contributed by atoms with Gasteiger partial charge in [0.1, 0.15) is 11.9 Å². The lowest BCUT2D eigenvalue weighted by Crippen LogP contribution is -2.27. The van der Waals surface area contributed by atoms with E-state index in [0.29, 0.717) is 11.3 Å². The molecule has 0 spiro atoms. The number of hydrogen-bond acceptors (Lipinski definition) is 5. The molecule has 120 valence electrons. The Kier molecular flexibility index (Phi) is 3.14. The van der Waals surface area contributed by atoms with Gasteiger partial charge in [0.25, 0.3) is 0 Å². The quantitative estimate of drug-likeness (QED) is 0.873. The molecule has 2 aliphatic rings. The first-order chi connectivity index (χ1) is 11.0. The lowest BCUT2D eigenvalue weighted by Gasteiger charge is -2.20. The molecule has 0 bridgehead atoms. The molecule has 2 aromatic rings. The number of benzene rings is 2. The molecule has 2 aliphatic heterocycles. The van der Waals surface area contributed by atoms with Crippen molar-refractivity contribution in [3.8, 4) is 17.2 Å².